The number of nitrogens with zero attached hydrogens (tertiary/aromatic N) is 2. The first-order chi connectivity index (χ1) is 12.5. The molecule has 2 amide bonds. The largest absolute Gasteiger partial charge is 0.397 e. The van der Waals surface area contributed by atoms with E-state index in [0.29, 0.717) is 44.7 Å². The summed E-state index contributed by atoms with van der Waals surface area (Å²) >= 11 is 6.27. The Morgan fingerprint density at radius 2 is 1.67 bits per heavy atom. The van der Waals surface area contributed by atoms with Crippen LogP contribution >= 0.6 is 24.0 Å². The Hall–Kier alpha value is -1.82. The fourth-order valence-corrected chi connectivity index (χ4v) is 5.31. The van der Waals surface area contributed by atoms with Gasteiger partial charge in [-0.05, 0) is 44.9 Å². The van der Waals surface area contributed by atoms with E-state index in [2.05, 4.69) is 11.9 Å². The molecule has 3 heterocycles. The second-order valence-electron chi connectivity index (χ2n) is 7.70. The van der Waals surface area contributed by atoms with Crippen LogP contribution in [0.1, 0.15) is 46.4 Å². The van der Waals surface area contributed by atoms with Crippen LogP contribution in [0.5, 0.6) is 0 Å². The fourth-order valence-electron chi connectivity index (χ4n) is 5.10. The molecule has 0 saturated carbocycles. The molecule has 0 aliphatic carbocycles. The SMILES string of the molecule is CN1[C@@H]2CC[C@H]1C[C@H](N1C(=O)c3cccc4c(N)c(Cl)cc(c34)C1=O)C2.Cl. The number of carbonyl (C=O) groups excluding carboxylic acids is 2. The van der Waals surface area contributed by atoms with Gasteiger partial charge in [0.25, 0.3) is 11.8 Å². The maximum absolute atomic E-state index is 13.3. The van der Waals surface area contributed by atoms with Gasteiger partial charge in [-0.1, -0.05) is 23.7 Å². The molecular weight excluding hydrogens is 385 g/mol. The van der Waals surface area contributed by atoms with Crippen LogP contribution in [0.15, 0.2) is 24.3 Å². The van der Waals surface area contributed by atoms with Gasteiger partial charge < -0.3 is 10.6 Å². The summed E-state index contributed by atoms with van der Waals surface area (Å²) in [4.78, 5) is 30.4. The molecule has 2 aromatic rings. The number of halogens is 2. The van der Waals surface area contributed by atoms with Crippen molar-refractivity contribution in [3.8, 4) is 0 Å². The highest BCUT2D eigenvalue weighted by Crippen LogP contribution is 2.41. The van der Waals surface area contributed by atoms with E-state index in [9.17, 15) is 9.59 Å². The number of benzene rings is 2. The van der Waals surface area contributed by atoms with Crippen molar-refractivity contribution in [2.75, 3.05) is 12.8 Å². The predicted octanol–water partition coefficient (Wildman–Crippen LogP) is 3.72. The number of anilines is 1. The molecule has 0 radical (unpaired) electrons. The average Bonchev–Trinajstić information content (AvgIpc) is 2.83. The highest BCUT2D eigenvalue weighted by molar-refractivity contribution is 6.37. The molecule has 0 aromatic heterocycles. The first-order valence-corrected chi connectivity index (χ1v) is 9.45. The Morgan fingerprint density at radius 1 is 1.04 bits per heavy atom. The average molecular weight is 406 g/mol. The van der Waals surface area contributed by atoms with Crippen molar-refractivity contribution in [2.24, 2.45) is 0 Å². The molecule has 27 heavy (non-hydrogen) atoms. The predicted molar refractivity (Wildman–Crippen MR) is 109 cm³/mol. The number of hydrogen-bond donors (Lipinski definition) is 1. The fraction of sp³-hybridized carbons (Fsp3) is 0.400. The Bertz CT molecular complexity index is 963. The van der Waals surface area contributed by atoms with Crippen molar-refractivity contribution >= 4 is 52.3 Å². The molecule has 142 valence electrons. The van der Waals surface area contributed by atoms with Crippen molar-refractivity contribution in [3.05, 3.63) is 40.4 Å². The van der Waals surface area contributed by atoms with Crippen molar-refractivity contribution in [2.45, 2.75) is 43.8 Å². The van der Waals surface area contributed by atoms with Crippen LogP contribution in [0, 0.1) is 0 Å². The van der Waals surface area contributed by atoms with E-state index in [-0.39, 0.29) is 30.3 Å². The summed E-state index contributed by atoms with van der Waals surface area (Å²) in [6.07, 6.45) is 3.97. The van der Waals surface area contributed by atoms with Crippen LogP contribution in [-0.2, 0) is 0 Å². The number of piperidine rings is 1. The van der Waals surface area contributed by atoms with Crippen LogP contribution in [0.3, 0.4) is 0 Å². The minimum atomic E-state index is -0.241. The van der Waals surface area contributed by atoms with Crippen molar-refractivity contribution in [1.82, 2.24) is 9.80 Å². The van der Waals surface area contributed by atoms with Gasteiger partial charge >= 0.3 is 0 Å². The zero-order chi connectivity index (χ0) is 18.2. The van der Waals surface area contributed by atoms with E-state index in [0.717, 1.165) is 25.7 Å². The lowest BCUT2D eigenvalue weighted by Gasteiger charge is -2.42. The molecule has 3 aliphatic heterocycles. The summed E-state index contributed by atoms with van der Waals surface area (Å²) in [5.41, 5.74) is 7.54. The third-order valence-electron chi connectivity index (χ3n) is 6.49. The number of fused-ring (bicyclic) bond motifs is 2. The minimum Gasteiger partial charge on any atom is -0.397 e. The smallest absolute Gasteiger partial charge is 0.261 e. The Kier molecular flexibility index (Phi) is 4.37. The van der Waals surface area contributed by atoms with E-state index >= 15 is 0 Å². The molecule has 2 saturated heterocycles. The summed E-state index contributed by atoms with van der Waals surface area (Å²) in [6, 6.07) is 7.87. The Labute approximate surface area is 168 Å². The van der Waals surface area contributed by atoms with E-state index in [1.807, 2.05) is 6.07 Å². The van der Waals surface area contributed by atoms with Crippen LogP contribution in [0.25, 0.3) is 10.8 Å². The van der Waals surface area contributed by atoms with Gasteiger partial charge in [0, 0.05) is 34.5 Å². The van der Waals surface area contributed by atoms with Crippen molar-refractivity contribution in [3.63, 3.8) is 0 Å². The molecule has 3 aliphatic rings. The standard InChI is InChI=1S/C20H20ClN3O2.ClH/c1-23-10-5-6-11(23)8-12(7-10)24-19(25)14-4-2-3-13-17(14)15(20(24)26)9-16(21)18(13)22;/h2-4,9-12H,5-8,22H2,1H3;1H/t10-,11+,12-;. The van der Waals surface area contributed by atoms with Gasteiger partial charge in [0.05, 0.1) is 16.3 Å². The molecule has 5 rings (SSSR count). The molecule has 2 bridgehead atoms. The second kappa shape index (κ2) is 6.36. The van der Waals surface area contributed by atoms with Crippen molar-refractivity contribution < 1.29 is 9.59 Å². The maximum atomic E-state index is 13.3. The van der Waals surface area contributed by atoms with E-state index in [4.69, 9.17) is 17.3 Å². The summed E-state index contributed by atoms with van der Waals surface area (Å²) in [6.45, 7) is 0. The molecule has 2 fully saturated rings. The summed E-state index contributed by atoms with van der Waals surface area (Å²) < 4.78 is 0. The molecule has 0 unspecified atom stereocenters. The monoisotopic (exact) mass is 405 g/mol. The minimum absolute atomic E-state index is 0. The normalized spacial score (nSPS) is 27.2. The molecular formula is C20H21Cl2N3O2. The Balaban J connectivity index is 0.00000180. The van der Waals surface area contributed by atoms with E-state index < -0.39 is 0 Å². The molecule has 0 spiro atoms. The number of carbonyl (C=O) groups is 2. The van der Waals surface area contributed by atoms with Gasteiger partial charge in [-0.25, -0.2) is 0 Å². The molecule has 5 nitrogen and oxygen atoms in total. The number of amides is 2. The highest BCUT2D eigenvalue weighted by Gasteiger charge is 2.45. The number of nitrogens with two attached hydrogens (primary N) is 1. The van der Waals surface area contributed by atoms with Crippen LogP contribution < -0.4 is 5.73 Å². The summed E-state index contributed by atoms with van der Waals surface area (Å²) in [5.74, 6) is -0.446. The number of hydrogen-bond acceptors (Lipinski definition) is 4. The van der Waals surface area contributed by atoms with Gasteiger partial charge in [-0.15, -0.1) is 12.4 Å². The van der Waals surface area contributed by atoms with Gasteiger partial charge in [-0.3, -0.25) is 14.5 Å². The topological polar surface area (TPSA) is 66.6 Å². The van der Waals surface area contributed by atoms with Gasteiger partial charge in [0.15, 0.2) is 0 Å². The molecule has 2 aromatic carbocycles. The number of imide groups is 1. The van der Waals surface area contributed by atoms with E-state index in [1.165, 1.54) is 4.90 Å². The number of rotatable bonds is 1. The highest BCUT2D eigenvalue weighted by atomic mass is 35.5. The lowest BCUT2D eigenvalue weighted by Crippen LogP contribution is -2.54. The van der Waals surface area contributed by atoms with Crippen LogP contribution in [0.2, 0.25) is 5.02 Å². The third kappa shape index (κ3) is 2.49. The van der Waals surface area contributed by atoms with Gasteiger partial charge in [0.2, 0.25) is 0 Å². The number of nitrogen functional groups attached to an aromatic ring is 1. The van der Waals surface area contributed by atoms with Crippen LogP contribution in [0.4, 0.5) is 5.69 Å². The third-order valence-corrected chi connectivity index (χ3v) is 6.80. The van der Waals surface area contributed by atoms with Crippen LogP contribution in [-0.4, -0.2) is 46.8 Å². The molecule has 2 N–H and O–H groups in total. The second-order valence-corrected chi connectivity index (χ2v) is 8.11. The summed E-state index contributed by atoms with van der Waals surface area (Å²) in [7, 11) is 2.15. The molecule has 7 heteroatoms. The Morgan fingerprint density at radius 3 is 2.33 bits per heavy atom. The van der Waals surface area contributed by atoms with E-state index in [1.54, 1.807) is 18.2 Å². The van der Waals surface area contributed by atoms with Gasteiger partial charge in [-0.2, -0.15) is 0 Å². The molecule has 3 atom stereocenters. The first kappa shape index (κ1) is 18.5. The zero-order valence-corrected chi connectivity index (χ0v) is 16.5. The quantitative estimate of drug-likeness (QED) is 0.579. The lowest BCUT2D eigenvalue weighted by molar-refractivity contribution is 0.0397. The lowest BCUT2D eigenvalue weighted by atomic mass is 9.89. The van der Waals surface area contributed by atoms with Crippen molar-refractivity contribution in [1.29, 1.82) is 0 Å². The summed E-state index contributed by atoms with van der Waals surface area (Å²) in [5, 5.41) is 1.67. The zero-order valence-electron chi connectivity index (χ0n) is 14.9. The maximum Gasteiger partial charge on any atom is 0.261 e. The van der Waals surface area contributed by atoms with Gasteiger partial charge in [0.1, 0.15) is 0 Å². The first-order valence-electron chi connectivity index (χ1n) is 9.08.